The molecule has 160 valence electrons. The third-order valence-electron chi connectivity index (χ3n) is 4.87. The molecule has 0 aliphatic carbocycles. The van der Waals surface area contributed by atoms with E-state index in [1.165, 1.54) is 11.1 Å². The number of anilines is 1. The zero-order valence-electron chi connectivity index (χ0n) is 17.5. The maximum atomic E-state index is 11.3. The number of benzene rings is 3. The van der Waals surface area contributed by atoms with E-state index in [2.05, 4.69) is 59.2 Å². The molecular weight excluding hydrogens is 388 g/mol. The van der Waals surface area contributed by atoms with E-state index < -0.39 is 6.03 Å². The van der Waals surface area contributed by atoms with Crippen LogP contribution in [0.1, 0.15) is 16.7 Å². The summed E-state index contributed by atoms with van der Waals surface area (Å²) in [4.78, 5) is 23.2. The van der Waals surface area contributed by atoms with Gasteiger partial charge < -0.3 is 16.4 Å². The first-order chi connectivity index (χ1) is 15.1. The fourth-order valence-electron chi connectivity index (χ4n) is 3.33. The van der Waals surface area contributed by atoms with E-state index in [0.717, 1.165) is 36.6 Å². The number of para-hydroxylation sites is 1. The molecule has 0 fully saturated rings. The normalized spacial score (nSPS) is 12.1. The van der Waals surface area contributed by atoms with Crippen molar-refractivity contribution in [2.24, 2.45) is 5.73 Å². The molecule has 6 nitrogen and oxygen atoms in total. The van der Waals surface area contributed by atoms with Crippen LogP contribution in [0.15, 0.2) is 84.9 Å². The monoisotopic (exact) mass is 416 g/mol. The quantitative estimate of drug-likeness (QED) is 0.516. The van der Waals surface area contributed by atoms with Gasteiger partial charge in [-0.3, -0.25) is 4.79 Å². The Kier molecular flexibility index (Phi) is 8.34. The largest absolute Gasteiger partial charge is 0.351 e. The number of rotatable bonds is 7. The topological polar surface area (TPSA) is 87.5 Å². The zero-order chi connectivity index (χ0) is 21.9. The summed E-state index contributed by atoms with van der Waals surface area (Å²) in [6.45, 7) is 3.85. The van der Waals surface area contributed by atoms with Gasteiger partial charge in [-0.05, 0) is 22.8 Å². The molecule has 3 aromatic carbocycles. The molecule has 0 unspecified atom stereocenters. The predicted octanol–water partition coefficient (Wildman–Crippen LogP) is 3.22. The van der Waals surface area contributed by atoms with E-state index in [1.54, 1.807) is 12.1 Å². The van der Waals surface area contributed by atoms with Gasteiger partial charge >= 0.3 is 6.03 Å². The van der Waals surface area contributed by atoms with Crippen molar-refractivity contribution in [1.29, 1.82) is 0 Å². The van der Waals surface area contributed by atoms with Crippen LogP contribution in [0.3, 0.4) is 0 Å². The molecule has 4 N–H and O–H groups in total. The summed E-state index contributed by atoms with van der Waals surface area (Å²) in [6.07, 6.45) is 0.263. The second-order valence-corrected chi connectivity index (χ2v) is 7.20. The lowest BCUT2D eigenvalue weighted by atomic mass is 10.2. The lowest BCUT2D eigenvalue weighted by Gasteiger charge is -2.10. The first-order valence-electron chi connectivity index (χ1n) is 10.3. The lowest BCUT2D eigenvalue weighted by molar-refractivity contribution is -0.116. The van der Waals surface area contributed by atoms with Gasteiger partial charge in [0.2, 0.25) is 5.91 Å². The van der Waals surface area contributed by atoms with Crippen LogP contribution >= 0.6 is 0 Å². The van der Waals surface area contributed by atoms with E-state index in [-0.39, 0.29) is 12.3 Å². The number of primary amides is 1. The summed E-state index contributed by atoms with van der Waals surface area (Å²) < 4.78 is 0. The molecule has 0 atom stereocenters. The Morgan fingerprint density at radius 1 is 0.774 bits per heavy atom. The van der Waals surface area contributed by atoms with E-state index in [1.807, 2.05) is 24.3 Å². The summed E-state index contributed by atoms with van der Waals surface area (Å²) in [5.74, 6) is -0.256. The average Bonchev–Trinajstić information content (AvgIpc) is 3.14. The van der Waals surface area contributed by atoms with E-state index in [4.69, 9.17) is 5.73 Å². The van der Waals surface area contributed by atoms with Gasteiger partial charge in [0.25, 0.3) is 0 Å². The van der Waals surface area contributed by atoms with Gasteiger partial charge in [0, 0.05) is 26.2 Å². The standard InChI is InChI=1S/C16H20N2.C9H8N2O2/c1-3-7-15(8-4-1)13-17-11-12-18-14-16-9-5-2-6-10-16;10-9(13)11-7-4-2-1-3-6(7)5-8(11)12/h1-10,17-18H,11-14H2;1-4H,5H2,(H2,10,13). The molecule has 4 rings (SSSR count). The summed E-state index contributed by atoms with van der Waals surface area (Å²) in [6, 6.07) is 27.4. The molecule has 0 bridgehead atoms. The van der Waals surface area contributed by atoms with Crippen LogP contribution in [-0.4, -0.2) is 25.0 Å². The smallest absolute Gasteiger partial charge is 0.326 e. The van der Waals surface area contributed by atoms with Crippen molar-refractivity contribution in [2.45, 2.75) is 19.5 Å². The number of nitrogens with one attached hydrogen (secondary N) is 2. The van der Waals surface area contributed by atoms with Gasteiger partial charge in [-0.15, -0.1) is 0 Å². The first-order valence-corrected chi connectivity index (χ1v) is 10.3. The summed E-state index contributed by atoms with van der Waals surface area (Å²) in [7, 11) is 0. The maximum absolute atomic E-state index is 11.3. The molecule has 1 heterocycles. The molecule has 0 aromatic heterocycles. The van der Waals surface area contributed by atoms with E-state index in [0.29, 0.717) is 5.69 Å². The van der Waals surface area contributed by atoms with Crippen molar-refractivity contribution in [3.8, 4) is 0 Å². The Morgan fingerprint density at radius 3 is 1.77 bits per heavy atom. The number of nitrogens with zero attached hydrogens (tertiary/aromatic N) is 1. The predicted molar refractivity (Wildman–Crippen MR) is 124 cm³/mol. The number of hydrogen-bond acceptors (Lipinski definition) is 4. The van der Waals surface area contributed by atoms with Gasteiger partial charge in [-0.1, -0.05) is 78.9 Å². The second kappa shape index (κ2) is 11.6. The average molecular weight is 417 g/mol. The minimum absolute atomic E-state index is 0.256. The zero-order valence-corrected chi connectivity index (χ0v) is 17.5. The molecule has 0 radical (unpaired) electrons. The first kappa shape index (κ1) is 22.2. The molecule has 0 spiro atoms. The van der Waals surface area contributed by atoms with Crippen molar-refractivity contribution in [1.82, 2.24) is 10.6 Å². The van der Waals surface area contributed by atoms with Crippen LogP contribution in [0.25, 0.3) is 0 Å². The number of carbonyl (C=O) groups is 2. The third-order valence-corrected chi connectivity index (χ3v) is 4.87. The molecule has 0 saturated heterocycles. The van der Waals surface area contributed by atoms with Crippen LogP contribution in [-0.2, 0) is 24.3 Å². The summed E-state index contributed by atoms with van der Waals surface area (Å²) in [5, 5.41) is 6.85. The number of carbonyl (C=O) groups excluding carboxylic acids is 2. The minimum Gasteiger partial charge on any atom is -0.351 e. The third kappa shape index (κ3) is 6.77. The van der Waals surface area contributed by atoms with Crippen molar-refractivity contribution in [3.63, 3.8) is 0 Å². The van der Waals surface area contributed by atoms with Gasteiger partial charge in [0.1, 0.15) is 0 Å². The second-order valence-electron chi connectivity index (χ2n) is 7.20. The molecule has 1 aliphatic rings. The lowest BCUT2D eigenvalue weighted by Crippen LogP contribution is -2.38. The highest BCUT2D eigenvalue weighted by Crippen LogP contribution is 2.27. The van der Waals surface area contributed by atoms with Crippen LogP contribution in [0.4, 0.5) is 10.5 Å². The Hall–Kier alpha value is -3.48. The molecule has 3 amide bonds. The summed E-state index contributed by atoms with van der Waals surface area (Å²) in [5.41, 5.74) is 9.20. The van der Waals surface area contributed by atoms with Crippen LogP contribution in [0.2, 0.25) is 0 Å². The molecule has 31 heavy (non-hydrogen) atoms. The molecule has 0 saturated carbocycles. The van der Waals surface area contributed by atoms with Crippen molar-refractivity contribution >= 4 is 17.6 Å². The number of amides is 3. The number of fused-ring (bicyclic) bond motifs is 1. The fourth-order valence-corrected chi connectivity index (χ4v) is 3.33. The van der Waals surface area contributed by atoms with Crippen LogP contribution in [0, 0.1) is 0 Å². The fraction of sp³-hybridized carbons (Fsp3) is 0.200. The SMILES string of the molecule is NC(=O)N1C(=O)Cc2ccccc21.c1ccc(CNCCNCc2ccccc2)cc1. The minimum atomic E-state index is -0.713. The number of nitrogens with two attached hydrogens (primary N) is 1. The number of imide groups is 1. The molecule has 6 heteroatoms. The van der Waals surface area contributed by atoms with E-state index >= 15 is 0 Å². The van der Waals surface area contributed by atoms with Gasteiger partial charge in [0.05, 0.1) is 12.1 Å². The Bertz CT molecular complexity index is 934. The van der Waals surface area contributed by atoms with Gasteiger partial charge in [-0.25, -0.2) is 9.69 Å². The highest BCUT2D eigenvalue weighted by molar-refractivity contribution is 6.18. The van der Waals surface area contributed by atoms with Gasteiger partial charge in [0.15, 0.2) is 0 Å². The Balaban J connectivity index is 0.000000185. The van der Waals surface area contributed by atoms with Gasteiger partial charge in [-0.2, -0.15) is 0 Å². The number of urea groups is 1. The van der Waals surface area contributed by atoms with Crippen molar-refractivity contribution in [3.05, 3.63) is 102 Å². The van der Waals surface area contributed by atoms with Crippen molar-refractivity contribution in [2.75, 3.05) is 18.0 Å². The van der Waals surface area contributed by atoms with Crippen molar-refractivity contribution < 1.29 is 9.59 Å². The Labute approximate surface area is 183 Å². The van der Waals surface area contributed by atoms with E-state index in [9.17, 15) is 9.59 Å². The number of hydrogen-bond donors (Lipinski definition) is 3. The summed E-state index contributed by atoms with van der Waals surface area (Å²) >= 11 is 0. The highest BCUT2D eigenvalue weighted by atomic mass is 16.2. The van der Waals surface area contributed by atoms with Crippen LogP contribution in [0.5, 0.6) is 0 Å². The van der Waals surface area contributed by atoms with Crippen LogP contribution < -0.4 is 21.3 Å². The highest BCUT2D eigenvalue weighted by Gasteiger charge is 2.30. The molecule has 1 aliphatic heterocycles. The molecule has 3 aromatic rings. The maximum Gasteiger partial charge on any atom is 0.326 e. The molecular formula is C25H28N4O2. The Morgan fingerprint density at radius 2 is 1.26 bits per heavy atom.